The molecule has 1 aliphatic heterocycles. The summed E-state index contributed by atoms with van der Waals surface area (Å²) in [4.78, 5) is 2.50. The molecule has 2 unspecified atom stereocenters. The van der Waals surface area contributed by atoms with Gasteiger partial charge in [-0.3, -0.25) is 0 Å². The van der Waals surface area contributed by atoms with Gasteiger partial charge in [-0.15, -0.1) is 0 Å². The van der Waals surface area contributed by atoms with Gasteiger partial charge in [0.05, 0.1) is 0 Å². The molecule has 2 fully saturated rings. The lowest BCUT2D eigenvalue weighted by atomic mass is 9.78. The van der Waals surface area contributed by atoms with Crippen LogP contribution in [0.25, 0.3) is 0 Å². The second kappa shape index (κ2) is 2.73. The van der Waals surface area contributed by atoms with Gasteiger partial charge in [0.1, 0.15) is 0 Å². The Labute approximate surface area is 82.5 Å². The zero-order valence-electron chi connectivity index (χ0n) is 9.56. The van der Waals surface area contributed by atoms with E-state index in [4.69, 9.17) is 0 Å². The van der Waals surface area contributed by atoms with E-state index in [0.29, 0.717) is 5.41 Å². The number of likely N-dealkylation sites (tertiary alicyclic amines) is 1. The number of rotatable bonds is 1. The molecular formula is C12H23N. The predicted molar refractivity (Wildman–Crippen MR) is 56.7 cm³/mol. The van der Waals surface area contributed by atoms with Gasteiger partial charge >= 0.3 is 0 Å². The van der Waals surface area contributed by atoms with Gasteiger partial charge in [0.15, 0.2) is 0 Å². The van der Waals surface area contributed by atoms with Crippen molar-refractivity contribution in [1.29, 1.82) is 0 Å². The molecule has 0 N–H and O–H groups in total. The number of nitrogens with zero attached hydrogens (tertiary/aromatic N) is 1. The Balaban J connectivity index is 1.95. The van der Waals surface area contributed by atoms with Crippen LogP contribution in [0.5, 0.6) is 0 Å². The van der Waals surface area contributed by atoms with Crippen molar-refractivity contribution in [2.24, 2.45) is 16.7 Å². The van der Waals surface area contributed by atoms with Crippen molar-refractivity contribution in [2.45, 2.75) is 40.0 Å². The van der Waals surface area contributed by atoms with Gasteiger partial charge in [-0.2, -0.15) is 0 Å². The summed E-state index contributed by atoms with van der Waals surface area (Å²) in [7, 11) is 2.26. The molecule has 1 heteroatoms. The summed E-state index contributed by atoms with van der Waals surface area (Å²) in [5, 5.41) is 0. The minimum atomic E-state index is 0.532. The van der Waals surface area contributed by atoms with Gasteiger partial charge in [-0.25, -0.2) is 0 Å². The Hall–Kier alpha value is -0.0400. The lowest BCUT2D eigenvalue weighted by Crippen LogP contribution is -2.33. The van der Waals surface area contributed by atoms with Gasteiger partial charge in [0, 0.05) is 6.54 Å². The first-order chi connectivity index (χ1) is 5.91. The van der Waals surface area contributed by atoms with Crippen molar-refractivity contribution in [3.8, 4) is 0 Å². The monoisotopic (exact) mass is 181 g/mol. The summed E-state index contributed by atoms with van der Waals surface area (Å²) in [5.74, 6) is 1.03. The molecule has 2 rings (SSSR count). The van der Waals surface area contributed by atoms with E-state index in [0.717, 1.165) is 11.3 Å². The van der Waals surface area contributed by atoms with E-state index in [9.17, 15) is 0 Å². The van der Waals surface area contributed by atoms with E-state index in [1.54, 1.807) is 0 Å². The third kappa shape index (κ3) is 1.90. The fraction of sp³-hybridized carbons (Fsp3) is 1.00. The second-order valence-electron chi connectivity index (χ2n) is 6.51. The summed E-state index contributed by atoms with van der Waals surface area (Å²) in [6.45, 7) is 9.84. The first-order valence-electron chi connectivity index (χ1n) is 5.60. The van der Waals surface area contributed by atoms with Crippen LogP contribution in [0, 0.1) is 16.7 Å². The highest BCUT2D eigenvalue weighted by molar-refractivity contribution is 5.07. The molecule has 2 atom stereocenters. The highest BCUT2D eigenvalue weighted by atomic mass is 15.1. The molecule has 0 amide bonds. The molecule has 0 aromatic heterocycles. The average molecular weight is 181 g/mol. The smallest absolute Gasteiger partial charge is 0.00121 e. The molecule has 0 aromatic rings. The maximum absolute atomic E-state index is 2.50. The SMILES string of the molecule is CN1CCC2(CC(C)(C)C)CC2C1. The van der Waals surface area contributed by atoms with E-state index in [1.807, 2.05) is 0 Å². The van der Waals surface area contributed by atoms with Crippen molar-refractivity contribution in [3.05, 3.63) is 0 Å². The molecule has 0 spiro atoms. The van der Waals surface area contributed by atoms with Crippen molar-refractivity contribution in [1.82, 2.24) is 4.90 Å². The fourth-order valence-electron chi connectivity index (χ4n) is 3.24. The Kier molecular flexibility index (Phi) is 1.99. The number of fused-ring (bicyclic) bond motifs is 1. The Morgan fingerprint density at radius 3 is 2.62 bits per heavy atom. The number of piperidine rings is 1. The topological polar surface area (TPSA) is 3.24 Å². The molecule has 0 bridgehead atoms. The van der Waals surface area contributed by atoms with Crippen molar-refractivity contribution < 1.29 is 0 Å². The number of hydrogen-bond acceptors (Lipinski definition) is 1. The minimum Gasteiger partial charge on any atom is -0.306 e. The summed E-state index contributed by atoms with van der Waals surface area (Å²) in [6, 6.07) is 0. The molecule has 0 radical (unpaired) electrons. The van der Waals surface area contributed by atoms with E-state index < -0.39 is 0 Å². The normalized spacial score (nSPS) is 40.2. The Bertz CT molecular complexity index is 204. The van der Waals surface area contributed by atoms with Gasteiger partial charge in [0.2, 0.25) is 0 Å². The predicted octanol–water partition coefficient (Wildman–Crippen LogP) is 2.76. The van der Waals surface area contributed by atoms with E-state index in [2.05, 4.69) is 32.7 Å². The maximum atomic E-state index is 2.50. The first kappa shape index (κ1) is 9.51. The molecule has 1 aliphatic carbocycles. The molecule has 0 aromatic carbocycles. The quantitative estimate of drug-likeness (QED) is 0.601. The summed E-state index contributed by atoms with van der Waals surface area (Å²) in [6.07, 6.45) is 4.40. The van der Waals surface area contributed by atoms with Crippen LogP contribution < -0.4 is 0 Å². The highest BCUT2D eigenvalue weighted by Crippen LogP contribution is 2.62. The molecule has 2 aliphatic rings. The third-order valence-electron chi connectivity index (χ3n) is 3.76. The number of hydrogen-bond donors (Lipinski definition) is 0. The summed E-state index contributed by atoms with van der Waals surface area (Å²) < 4.78 is 0. The van der Waals surface area contributed by atoms with Gasteiger partial charge in [-0.05, 0) is 49.6 Å². The highest BCUT2D eigenvalue weighted by Gasteiger charge is 2.56. The maximum Gasteiger partial charge on any atom is 0.00121 e. The molecule has 1 nitrogen and oxygen atoms in total. The minimum absolute atomic E-state index is 0.532. The average Bonchev–Trinajstić information content (AvgIpc) is 2.57. The van der Waals surface area contributed by atoms with Crippen LogP contribution in [-0.4, -0.2) is 25.0 Å². The lowest BCUT2D eigenvalue weighted by Gasteiger charge is -2.33. The van der Waals surface area contributed by atoms with E-state index >= 15 is 0 Å². The van der Waals surface area contributed by atoms with Gasteiger partial charge < -0.3 is 4.90 Å². The molecule has 1 saturated carbocycles. The second-order valence-corrected chi connectivity index (χ2v) is 6.51. The fourth-order valence-corrected chi connectivity index (χ4v) is 3.24. The van der Waals surface area contributed by atoms with Crippen LogP contribution >= 0.6 is 0 Å². The van der Waals surface area contributed by atoms with Gasteiger partial charge in [-0.1, -0.05) is 20.8 Å². The third-order valence-corrected chi connectivity index (χ3v) is 3.76. The van der Waals surface area contributed by atoms with E-state index in [1.165, 1.54) is 32.4 Å². The molecule has 76 valence electrons. The summed E-state index contributed by atoms with van der Waals surface area (Å²) >= 11 is 0. The van der Waals surface area contributed by atoms with Crippen LogP contribution in [0.4, 0.5) is 0 Å². The van der Waals surface area contributed by atoms with Crippen LogP contribution in [-0.2, 0) is 0 Å². The largest absolute Gasteiger partial charge is 0.306 e. The van der Waals surface area contributed by atoms with Crippen LogP contribution in [0.1, 0.15) is 40.0 Å². The summed E-state index contributed by atoms with van der Waals surface area (Å²) in [5.41, 5.74) is 1.30. The standard InChI is InChI=1S/C12H23N/c1-11(2,3)9-12-5-6-13(4)8-10(12)7-12/h10H,5-9H2,1-4H3. The first-order valence-corrected chi connectivity index (χ1v) is 5.60. The molecule has 1 heterocycles. The van der Waals surface area contributed by atoms with Crippen molar-refractivity contribution in [2.75, 3.05) is 20.1 Å². The van der Waals surface area contributed by atoms with Crippen LogP contribution in [0.3, 0.4) is 0 Å². The van der Waals surface area contributed by atoms with Gasteiger partial charge in [0.25, 0.3) is 0 Å². The Morgan fingerprint density at radius 2 is 2.08 bits per heavy atom. The van der Waals surface area contributed by atoms with E-state index in [-0.39, 0.29) is 0 Å². The van der Waals surface area contributed by atoms with Crippen molar-refractivity contribution in [3.63, 3.8) is 0 Å². The zero-order chi connectivity index (χ0) is 9.69. The molecular weight excluding hydrogens is 158 g/mol. The zero-order valence-corrected chi connectivity index (χ0v) is 9.56. The molecule has 13 heavy (non-hydrogen) atoms. The van der Waals surface area contributed by atoms with Crippen LogP contribution in [0.2, 0.25) is 0 Å². The Morgan fingerprint density at radius 1 is 1.38 bits per heavy atom. The lowest BCUT2D eigenvalue weighted by molar-refractivity contribution is 0.163. The molecule has 1 saturated heterocycles. The van der Waals surface area contributed by atoms with Crippen LogP contribution in [0.15, 0.2) is 0 Å². The van der Waals surface area contributed by atoms with Crippen molar-refractivity contribution >= 4 is 0 Å².